The van der Waals surface area contributed by atoms with E-state index in [2.05, 4.69) is 10.6 Å². The highest BCUT2D eigenvalue weighted by molar-refractivity contribution is 6.31. The van der Waals surface area contributed by atoms with Crippen LogP contribution >= 0.6 is 11.6 Å². The Morgan fingerprint density at radius 1 is 1.05 bits per heavy atom. The summed E-state index contributed by atoms with van der Waals surface area (Å²) in [7, 11) is 1.50. The van der Waals surface area contributed by atoms with E-state index in [9.17, 15) is 9.59 Å². The largest absolute Gasteiger partial charge is 0.341 e. The number of carbonyl (C=O) groups excluding carboxylic acids is 2. The van der Waals surface area contributed by atoms with E-state index in [1.165, 1.54) is 7.05 Å². The lowest BCUT2D eigenvalue weighted by molar-refractivity contribution is 0.103. The molecule has 20 heavy (non-hydrogen) atoms. The number of rotatable bonds is 3. The van der Waals surface area contributed by atoms with Crippen molar-refractivity contribution in [3.8, 4) is 0 Å². The Labute approximate surface area is 121 Å². The van der Waals surface area contributed by atoms with E-state index in [1.807, 2.05) is 6.07 Å². The second-order valence-corrected chi connectivity index (χ2v) is 4.53. The molecule has 0 fully saturated rings. The van der Waals surface area contributed by atoms with Gasteiger partial charge in [-0.25, -0.2) is 4.79 Å². The minimum absolute atomic E-state index is 0.195. The number of ketones is 1. The molecule has 0 bridgehead atoms. The molecule has 0 aromatic heterocycles. The Hall–Kier alpha value is -2.33. The number of nitrogens with one attached hydrogen (secondary N) is 2. The number of halogens is 1. The van der Waals surface area contributed by atoms with Crippen molar-refractivity contribution in [2.75, 3.05) is 12.4 Å². The third-order valence-electron chi connectivity index (χ3n) is 2.74. The summed E-state index contributed by atoms with van der Waals surface area (Å²) in [5.41, 5.74) is 1.31. The van der Waals surface area contributed by atoms with Crippen molar-refractivity contribution >= 4 is 29.1 Å². The standard InChI is InChI=1S/C15H13ClN2O2/c1-17-15(20)18-13-8-7-11(16)9-12(13)14(19)10-5-3-2-4-6-10/h2-9H,1H3,(H2,17,18,20). The lowest BCUT2D eigenvalue weighted by atomic mass is 10.0. The predicted molar refractivity (Wildman–Crippen MR) is 79.4 cm³/mol. The molecular weight excluding hydrogens is 276 g/mol. The molecule has 0 saturated carbocycles. The summed E-state index contributed by atoms with van der Waals surface area (Å²) >= 11 is 5.94. The van der Waals surface area contributed by atoms with Crippen LogP contribution in [-0.4, -0.2) is 18.9 Å². The van der Waals surface area contributed by atoms with Crippen LogP contribution in [0.5, 0.6) is 0 Å². The molecular formula is C15H13ClN2O2. The van der Waals surface area contributed by atoms with Gasteiger partial charge in [0.05, 0.1) is 5.69 Å². The van der Waals surface area contributed by atoms with Crippen LogP contribution in [0.1, 0.15) is 15.9 Å². The first kappa shape index (κ1) is 14.1. The van der Waals surface area contributed by atoms with Crippen molar-refractivity contribution in [3.63, 3.8) is 0 Å². The minimum atomic E-state index is -0.394. The first-order valence-corrected chi connectivity index (χ1v) is 6.37. The molecule has 2 aromatic carbocycles. The maximum atomic E-state index is 12.5. The zero-order valence-electron chi connectivity index (χ0n) is 10.8. The fraction of sp³-hybridized carbons (Fsp3) is 0.0667. The molecule has 0 atom stereocenters. The Balaban J connectivity index is 2.41. The van der Waals surface area contributed by atoms with Gasteiger partial charge in [0.15, 0.2) is 5.78 Å². The van der Waals surface area contributed by atoms with E-state index in [-0.39, 0.29) is 5.78 Å². The third-order valence-corrected chi connectivity index (χ3v) is 2.97. The van der Waals surface area contributed by atoms with Crippen molar-refractivity contribution in [1.82, 2.24) is 5.32 Å². The van der Waals surface area contributed by atoms with Crippen LogP contribution in [0, 0.1) is 0 Å². The minimum Gasteiger partial charge on any atom is -0.341 e. The summed E-state index contributed by atoms with van der Waals surface area (Å²) in [5.74, 6) is -0.195. The first-order chi connectivity index (χ1) is 9.61. The number of hydrogen-bond donors (Lipinski definition) is 2. The van der Waals surface area contributed by atoms with Gasteiger partial charge in [-0.2, -0.15) is 0 Å². The molecule has 0 saturated heterocycles. The normalized spacial score (nSPS) is 9.90. The third kappa shape index (κ3) is 3.16. The average molecular weight is 289 g/mol. The van der Waals surface area contributed by atoms with Crippen LogP contribution in [0.25, 0.3) is 0 Å². The zero-order valence-corrected chi connectivity index (χ0v) is 11.6. The number of carbonyl (C=O) groups is 2. The maximum absolute atomic E-state index is 12.5. The van der Waals surface area contributed by atoms with Crippen molar-refractivity contribution < 1.29 is 9.59 Å². The Bertz CT molecular complexity index is 642. The topological polar surface area (TPSA) is 58.2 Å². The summed E-state index contributed by atoms with van der Waals surface area (Å²) in [4.78, 5) is 23.9. The van der Waals surface area contributed by atoms with Gasteiger partial charge in [-0.1, -0.05) is 41.9 Å². The molecule has 0 radical (unpaired) electrons. The van der Waals surface area contributed by atoms with E-state index in [0.717, 1.165) is 0 Å². The number of hydrogen-bond acceptors (Lipinski definition) is 2. The monoisotopic (exact) mass is 288 g/mol. The molecule has 2 amide bonds. The smallest absolute Gasteiger partial charge is 0.318 e. The van der Waals surface area contributed by atoms with Gasteiger partial charge in [0.2, 0.25) is 0 Å². The van der Waals surface area contributed by atoms with E-state index in [1.54, 1.807) is 42.5 Å². The van der Waals surface area contributed by atoms with Crippen molar-refractivity contribution in [3.05, 3.63) is 64.7 Å². The summed E-state index contributed by atoms with van der Waals surface area (Å²) in [5, 5.41) is 5.49. The number of anilines is 1. The van der Waals surface area contributed by atoms with Crippen LogP contribution in [0.3, 0.4) is 0 Å². The van der Waals surface area contributed by atoms with Crippen LogP contribution in [0.4, 0.5) is 10.5 Å². The molecule has 5 heteroatoms. The molecule has 4 nitrogen and oxygen atoms in total. The van der Waals surface area contributed by atoms with Gasteiger partial charge < -0.3 is 10.6 Å². The number of amides is 2. The molecule has 2 aromatic rings. The number of benzene rings is 2. The Morgan fingerprint density at radius 3 is 2.40 bits per heavy atom. The molecule has 0 aliphatic rings. The second kappa shape index (κ2) is 6.21. The predicted octanol–water partition coefficient (Wildman–Crippen LogP) is 3.32. The molecule has 0 aliphatic heterocycles. The summed E-state index contributed by atoms with van der Waals surface area (Å²) in [6, 6.07) is 13.2. The van der Waals surface area contributed by atoms with Crippen molar-refractivity contribution in [1.29, 1.82) is 0 Å². The molecule has 0 spiro atoms. The molecule has 102 valence electrons. The maximum Gasteiger partial charge on any atom is 0.318 e. The van der Waals surface area contributed by atoms with Gasteiger partial charge in [-0.15, -0.1) is 0 Å². The highest BCUT2D eigenvalue weighted by Crippen LogP contribution is 2.23. The lowest BCUT2D eigenvalue weighted by Gasteiger charge is -2.10. The van der Waals surface area contributed by atoms with E-state index < -0.39 is 6.03 Å². The molecule has 0 heterocycles. The average Bonchev–Trinajstić information content (AvgIpc) is 2.49. The number of urea groups is 1. The highest BCUT2D eigenvalue weighted by atomic mass is 35.5. The lowest BCUT2D eigenvalue weighted by Crippen LogP contribution is -2.25. The summed E-state index contributed by atoms with van der Waals surface area (Å²) in [6.45, 7) is 0. The molecule has 2 rings (SSSR count). The fourth-order valence-electron chi connectivity index (χ4n) is 1.74. The van der Waals surface area contributed by atoms with Gasteiger partial charge in [-0.05, 0) is 18.2 Å². The quantitative estimate of drug-likeness (QED) is 0.851. The van der Waals surface area contributed by atoms with Crippen LogP contribution in [-0.2, 0) is 0 Å². The molecule has 2 N–H and O–H groups in total. The summed E-state index contributed by atoms with van der Waals surface area (Å²) in [6.07, 6.45) is 0. The van der Waals surface area contributed by atoms with E-state index in [0.29, 0.717) is 21.8 Å². The Kier molecular flexibility index (Phi) is 4.38. The van der Waals surface area contributed by atoms with Gasteiger partial charge in [0.1, 0.15) is 0 Å². The van der Waals surface area contributed by atoms with Gasteiger partial charge in [0.25, 0.3) is 0 Å². The van der Waals surface area contributed by atoms with Gasteiger partial charge in [0, 0.05) is 23.2 Å². The fourth-order valence-corrected chi connectivity index (χ4v) is 1.92. The zero-order chi connectivity index (χ0) is 14.5. The highest BCUT2D eigenvalue weighted by Gasteiger charge is 2.15. The first-order valence-electron chi connectivity index (χ1n) is 6.00. The van der Waals surface area contributed by atoms with Gasteiger partial charge in [-0.3, -0.25) is 4.79 Å². The second-order valence-electron chi connectivity index (χ2n) is 4.09. The summed E-state index contributed by atoms with van der Waals surface area (Å²) < 4.78 is 0. The van der Waals surface area contributed by atoms with Crippen LogP contribution in [0.2, 0.25) is 5.02 Å². The molecule has 0 aliphatic carbocycles. The van der Waals surface area contributed by atoms with Gasteiger partial charge >= 0.3 is 6.03 Å². The van der Waals surface area contributed by atoms with Crippen LogP contribution in [0.15, 0.2) is 48.5 Å². The van der Waals surface area contributed by atoms with E-state index in [4.69, 9.17) is 11.6 Å². The Morgan fingerprint density at radius 2 is 1.75 bits per heavy atom. The molecule has 0 unspecified atom stereocenters. The van der Waals surface area contributed by atoms with Crippen molar-refractivity contribution in [2.45, 2.75) is 0 Å². The SMILES string of the molecule is CNC(=O)Nc1ccc(Cl)cc1C(=O)c1ccccc1. The van der Waals surface area contributed by atoms with Crippen molar-refractivity contribution in [2.24, 2.45) is 0 Å². The van der Waals surface area contributed by atoms with Crippen LogP contribution < -0.4 is 10.6 Å². The van der Waals surface area contributed by atoms with E-state index >= 15 is 0 Å².